The Hall–Kier alpha value is -3.27. The number of benzene rings is 3. The van der Waals surface area contributed by atoms with Crippen LogP contribution in [0.3, 0.4) is 0 Å². The van der Waals surface area contributed by atoms with E-state index in [4.69, 9.17) is 5.10 Å². The summed E-state index contributed by atoms with van der Waals surface area (Å²) in [5, 5.41) is 9.12. The molecule has 3 aromatic rings. The Morgan fingerprint density at radius 3 is 2.29 bits per heavy atom. The lowest BCUT2D eigenvalue weighted by Crippen LogP contribution is -2.53. The zero-order valence-electron chi connectivity index (χ0n) is 16.4. The number of nitrogens with one attached hydrogen (secondary N) is 1. The van der Waals surface area contributed by atoms with Crippen LogP contribution in [0.2, 0.25) is 0 Å². The van der Waals surface area contributed by atoms with E-state index in [0.717, 1.165) is 29.2 Å². The van der Waals surface area contributed by atoms with Crippen molar-refractivity contribution in [2.24, 2.45) is 5.10 Å². The van der Waals surface area contributed by atoms with Gasteiger partial charge in [-0.25, -0.2) is 5.01 Å². The van der Waals surface area contributed by atoms with Gasteiger partial charge in [-0.05, 0) is 42.2 Å². The summed E-state index contributed by atoms with van der Waals surface area (Å²) in [6.07, 6.45) is 1.12. The molecule has 0 aromatic heterocycles. The summed E-state index contributed by atoms with van der Waals surface area (Å²) >= 11 is 0. The smallest absolute Gasteiger partial charge is 0.172 e. The molecule has 0 fully saturated rings. The Morgan fingerprint density at radius 2 is 1.57 bits per heavy atom. The van der Waals surface area contributed by atoms with Crippen LogP contribution in [0.4, 0.5) is 11.4 Å². The van der Waals surface area contributed by atoms with Crippen molar-refractivity contribution in [1.82, 2.24) is 5.43 Å². The van der Waals surface area contributed by atoms with Crippen LogP contribution in [0.25, 0.3) is 0 Å². The van der Waals surface area contributed by atoms with Gasteiger partial charge in [-0.1, -0.05) is 74.5 Å². The van der Waals surface area contributed by atoms with E-state index >= 15 is 0 Å². The van der Waals surface area contributed by atoms with Crippen LogP contribution in [0.1, 0.15) is 37.3 Å². The number of rotatable bonds is 5. The normalized spacial score (nSPS) is 15.0. The number of amidine groups is 1. The van der Waals surface area contributed by atoms with E-state index in [-0.39, 0.29) is 0 Å². The van der Waals surface area contributed by atoms with Gasteiger partial charge >= 0.3 is 0 Å². The molecule has 1 aliphatic heterocycles. The van der Waals surface area contributed by atoms with Crippen molar-refractivity contribution < 1.29 is 0 Å². The maximum absolute atomic E-state index is 4.92. The second-order valence-corrected chi connectivity index (χ2v) is 7.14. The van der Waals surface area contributed by atoms with E-state index in [1.165, 1.54) is 5.56 Å². The fourth-order valence-electron chi connectivity index (χ4n) is 3.31. The predicted molar refractivity (Wildman–Crippen MR) is 118 cm³/mol. The summed E-state index contributed by atoms with van der Waals surface area (Å²) in [6, 6.07) is 29.3. The lowest BCUT2D eigenvalue weighted by atomic mass is 9.98. The Labute approximate surface area is 167 Å². The van der Waals surface area contributed by atoms with Crippen molar-refractivity contribution in [2.75, 3.05) is 16.7 Å². The first-order chi connectivity index (χ1) is 13.7. The van der Waals surface area contributed by atoms with Gasteiger partial charge in [-0.3, -0.25) is 10.4 Å². The average molecular weight is 371 g/mol. The molecular weight excluding hydrogens is 344 g/mol. The van der Waals surface area contributed by atoms with Crippen LogP contribution in [-0.2, 0) is 0 Å². The Morgan fingerprint density at radius 1 is 0.893 bits per heavy atom. The van der Waals surface area contributed by atoms with Gasteiger partial charge in [0.25, 0.3) is 0 Å². The molecule has 0 aliphatic carbocycles. The maximum Gasteiger partial charge on any atom is 0.172 e. The first-order valence-corrected chi connectivity index (χ1v) is 9.85. The first-order valence-electron chi connectivity index (χ1n) is 9.85. The minimum atomic E-state index is 0.533. The molecule has 0 bridgehead atoms. The Kier molecular flexibility index (Phi) is 5.29. The number of hydrazine groups is 1. The van der Waals surface area contributed by atoms with Crippen LogP contribution in [-0.4, -0.2) is 12.5 Å². The lowest BCUT2D eigenvalue weighted by Gasteiger charge is -2.36. The van der Waals surface area contributed by atoms with E-state index in [2.05, 4.69) is 90.0 Å². The molecule has 0 radical (unpaired) electrons. The number of hydrogen-bond donors (Lipinski definition) is 1. The molecule has 4 heteroatoms. The highest BCUT2D eigenvalue weighted by atomic mass is 15.7. The fraction of sp³-hybridized carbons (Fsp3) is 0.208. The van der Waals surface area contributed by atoms with Gasteiger partial charge in [0.1, 0.15) is 6.67 Å². The van der Waals surface area contributed by atoms with Gasteiger partial charge in [0, 0.05) is 5.56 Å². The van der Waals surface area contributed by atoms with Crippen molar-refractivity contribution in [1.29, 1.82) is 0 Å². The van der Waals surface area contributed by atoms with Gasteiger partial charge in [0.15, 0.2) is 5.84 Å². The van der Waals surface area contributed by atoms with Crippen LogP contribution in [0, 0.1) is 0 Å². The number of hydrogen-bond acceptors (Lipinski definition) is 4. The lowest BCUT2D eigenvalue weighted by molar-refractivity contribution is 0.676. The van der Waals surface area contributed by atoms with Gasteiger partial charge in [-0.15, -0.1) is 0 Å². The third-order valence-corrected chi connectivity index (χ3v) is 5.20. The van der Waals surface area contributed by atoms with Gasteiger partial charge in [0.2, 0.25) is 0 Å². The van der Waals surface area contributed by atoms with Crippen molar-refractivity contribution in [3.05, 3.63) is 96.1 Å². The van der Waals surface area contributed by atoms with Crippen LogP contribution < -0.4 is 15.4 Å². The molecule has 1 unspecified atom stereocenters. The van der Waals surface area contributed by atoms with Crippen LogP contribution in [0.5, 0.6) is 0 Å². The van der Waals surface area contributed by atoms with Gasteiger partial charge < -0.3 is 0 Å². The van der Waals surface area contributed by atoms with Gasteiger partial charge in [0.05, 0.1) is 11.4 Å². The van der Waals surface area contributed by atoms with Crippen LogP contribution >= 0.6 is 0 Å². The minimum Gasteiger partial charge on any atom is -0.278 e. The molecule has 1 aliphatic rings. The fourth-order valence-corrected chi connectivity index (χ4v) is 3.31. The maximum atomic E-state index is 4.92. The van der Waals surface area contributed by atoms with E-state index in [1.54, 1.807) is 0 Å². The summed E-state index contributed by atoms with van der Waals surface area (Å²) in [6.45, 7) is 5.13. The molecular formula is C24H26N4. The highest BCUT2D eigenvalue weighted by Crippen LogP contribution is 2.26. The summed E-state index contributed by atoms with van der Waals surface area (Å²) in [7, 11) is 0. The van der Waals surface area contributed by atoms with Crippen molar-refractivity contribution in [2.45, 2.75) is 26.2 Å². The average Bonchev–Trinajstić information content (AvgIpc) is 2.79. The number of nitrogens with zero attached hydrogens (tertiary/aromatic N) is 3. The molecule has 0 spiro atoms. The topological polar surface area (TPSA) is 30.9 Å². The SMILES string of the molecule is CCC(C)c1cccc(N2CN(c3ccccc3)NC(c3ccccc3)=N2)c1. The summed E-state index contributed by atoms with van der Waals surface area (Å²) in [4.78, 5) is 0. The summed E-state index contributed by atoms with van der Waals surface area (Å²) in [5.74, 6) is 1.37. The van der Waals surface area contributed by atoms with Crippen LogP contribution in [0.15, 0.2) is 90.0 Å². The van der Waals surface area contributed by atoms with E-state index < -0.39 is 0 Å². The summed E-state index contributed by atoms with van der Waals surface area (Å²) in [5.41, 5.74) is 8.10. The molecule has 0 amide bonds. The highest BCUT2D eigenvalue weighted by molar-refractivity contribution is 6.00. The molecule has 28 heavy (non-hydrogen) atoms. The van der Waals surface area contributed by atoms with Crippen molar-refractivity contribution >= 4 is 17.2 Å². The molecule has 3 aromatic carbocycles. The molecule has 1 atom stereocenters. The molecule has 0 saturated heterocycles. The monoisotopic (exact) mass is 370 g/mol. The number of para-hydroxylation sites is 1. The second-order valence-electron chi connectivity index (χ2n) is 7.14. The zero-order valence-corrected chi connectivity index (χ0v) is 16.4. The van der Waals surface area contributed by atoms with Crippen molar-refractivity contribution in [3.63, 3.8) is 0 Å². The first kappa shape index (κ1) is 18.1. The highest BCUT2D eigenvalue weighted by Gasteiger charge is 2.21. The third kappa shape index (κ3) is 3.86. The van der Waals surface area contributed by atoms with Crippen molar-refractivity contribution in [3.8, 4) is 0 Å². The zero-order chi connectivity index (χ0) is 19.3. The largest absolute Gasteiger partial charge is 0.278 e. The van der Waals surface area contributed by atoms with E-state index in [1.807, 2.05) is 24.3 Å². The molecule has 4 nitrogen and oxygen atoms in total. The predicted octanol–water partition coefficient (Wildman–Crippen LogP) is 5.35. The molecule has 4 rings (SSSR count). The molecule has 142 valence electrons. The Balaban J connectivity index is 1.72. The molecule has 1 N–H and O–H groups in total. The third-order valence-electron chi connectivity index (χ3n) is 5.20. The number of anilines is 2. The Bertz CT molecular complexity index is 937. The van der Waals surface area contributed by atoms with Gasteiger partial charge in [-0.2, -0.15) is 5.10 Å². The number of hydrazone groups is 1. The van der Waals surface area contributed by atoms with E-state index in [0.29, 0.717) is 12.6 Å². The summed E-state index contributed by atoms with van der Waals surface area (Å²) < 4.78 is 0. The molecule has 1 heterocycles. The standard InChI is InChI=1S/C24H26N4/c1-3-19(2)21-13-10-16-23(17-21)28-18-27(22-14-8-5-9-15-22)25-24(26-28)20-11-6-4-7-12-20/h4-17,19H,3,18H2,1-2H3,(H,25,26). The second kappa shape index (κ2) is 8.17. The van der Waals surface area contributed by atoms with E-state index in [9.17, 15) is 0 Å². The quantitative estimate of drug-likeness (QED) is 0.657. The minimum absolute atomic E-state index is 0.533. The molecule has 0 saturated carbocycles.